The molecule has 1 aromatic rings. The Balaban J connectivity index is 2.20. The van der Waals surface area contributed by atoms with Crippen molar-refractivity contribution in [2.45, 2.75) is 51.3 Å². The van der Waals surface area contributed by atoms with Gasteiger partial charge >= 0.3 is 0 Å². The van der Waals surface area contributed by atoms with Gasteiger partial charge in [0.25, 0.3) is 5.91 Å². The topological polar surface area (TPSA) is 29.1 Å². The first-order valence-corrected chi connectivity index (χ1v) is 7.74. The Kier molecular flexibility index (Phi) is 8.31. The number of alkyl halides is 1. The van der Waals surface area contributed by atoms with E-state index in [4.69, 9.17) is 11.6 Å². The zero-order chi connectivity index (χ0) is 13.9. The second-order valence-corrected chi connectivity index (χ2v) is 5.12. The smallest absolute Gasteiger partial charge is 0.251 e. The van der Waals surface area contributed by atoms with E-state index >= 15 is 0 Å². The molecule has 1 amide bonds. The Morgan fingerprint density at radius 3 is 2.63 bits per heavy atom. The predicted octanol–water partition coefficient (Wildman–Crippen LogP) is 4.52. The molecule has 106 valence electrons. The fourth-order valence-corrected chi connectivity index (χ4v) is 2.17. The average Bonchev–Trinajstić information content (AvgIpc) is 2.46. The van der Waals surface area contributed by atoms with Gasteiger partial charge in [-0.15, -0.1) is 11.6 Å². The highest BCUT2D eigenvalue weighted by molar-refractivity contribution is 6.17. The Labute approximate surface area is 121 Å². The molecule has 0 spiro atoms. The maximum atomic E-state index is 11.9. The lowest BCUT2D eigenvalue weighted by atomic mass is 10.1. The molecule has 0 aromatic heterocycles. The lowest BCUT2D eigenvalue weighted by Crippen LogP contribution is -2.24. The van der Waals surface area contributed by atoms with Crippen LogP contribution < -0.4 is 5.32 Å². The number of halogens is 1. The molecule has 0 aliphatic carbocycles. The third kappa shape index (κ3) is 6.63. The SMILES string of the molecule is CCCCCCCCNC(=O)c1cccc(CCl)c1. The molecule has 0 aliphatic rings. The van der Waals surface area contributed by atoms with Gasteiger partial charge in [0.1, 0.15) is 0 Å². The van der Waals surface area contributed by atoms with Crippen LogP contribution in [0.5, 0.6) is 0 Å². The fraction of sp³-hybridized carbons (Fsp3) is 0.562. The first-order valence-electron chi connectivity index (χ1n) is 7.21. The second-order valence-electron chi connectivity index (χ2n) is 4.86. The number of nitrogens with one attached hydrogen (secondary N) is 1. The van der Waals surface area contributed by atoms with Crippen molar-refractivity contribution in [1.82, 2.24) is 5.32 Å². The molecule has 0 fully saturated rings. The number of carbonyl (C=O) groups excluding carboxylic acids is 1. The number of rotatable bonds is 9. The quantitative estimate of drug-likeness (QED) is 0.523. The molecule has 1 rings (SSSR count). The van der Waals surface area contributed by atoms with E-state index in [1.54, 1.807) is 0 Å². The minimum absolute atomic E-state index is 0.000486. The summed E-state index contributed by atoms with van der Waals surface area (Å²) in [5, 5.41) is 2.96. The molecule has 1 aromatic carbocycles. The highest BCUT2D eigenvalue weighted by Gasteiger charge is 2.04. The second kappa shape index (κ2) is 9.85. The van der Waals surface area contributed by atoms with Crippen LogP contribution in [0, 0.1) is 0 Å². The largest absolute Gasteiger partial charge is 0.352 e. The highest BCUT2D eigenvalue weighted by atomic mass is 35.5. The number of hydrogen-bond donors (Lipinski definition) is 1. The van der Waals surface area contributed by atoms with Gasteiger partial charge in [0.15, 0.2) is 0 Å². The molecule has 3 heteroatoms. The van der Waals surface area contributed by atoms with E-state index in [0.717, 1.165) is 18.5 Å². The van der Waals surface area contributed by atoms with Crippen molar-refractivity contribution in [3.8, 4) is 0 Å². The molecular weight excluding hydrogens is 258 g/mol. The Morgan fingerprint density at radius 2 is 1.89 bits per heavy atom. The first kappa shape index (κ1) is 16.0. The van der Waals surface area contributed by atoms with E-state index in [2.05, 4.69) is 12.2 Å². The van der Waals surface area contributed by atoms with E-state index in [1.165, 1.54) is 32.1 Å². The van der Waals surface area contributed by atoms with E-state index in [1.807, 2.05) is 24.3 Å². The minimum Gasteiger partial charge on any atom is -0.352 e. The zero-order valence-electron chi connectivity index (χ0n) is 11.8. The maximum absolute atomic E-state index is 11.9. The van der Waals surface area contributed by atoms with Gasteiger partial charge in [0.05, 0.1) is 0 Å². The number of unbranched alkanes of at least 4 members (excludes halogenated alkanes) is 5. The van der Waals surface area contributed by atoms with Gasteiger partial charge in [-0.1, -0.05) is 51.2 Å². The van der Waals surface area contributed by atoms with Crippen LogP contribution >= 0.6 is 11.6 Å². The molecule has 2 nitrogen and oxygen atoms in total. The Morgan fingerprint density at radius 1 is 1.16 bits per heavy atom. The summed E-state index contributed by atoms with van der Waals surface area (Å²) >= 11 is 5.76. The summed E-state index contributed by atoms with van der Waals surface area (Å²) in [4.78, 5) is 11.9. The van der Waals surface area contributed by atoms with Gasteiger partial charge in [-0.05, 0) is 24.1 Å². The number of carbonyl (C=O) groups is 1. The summed E-state index contributed by atoms with van der Waals surface area (Å²) in [5.41, 5.74) is 1.68. The fourth-order valence-electron chi connectivity index (χ4n) is 2.01. The monoisotopic (exact) mass is 281 g/mol. The molecule has 0 atom stereocenters. The van der Waals surface area contributed by atoms with Crippen molar-refractivity contribution in [1.29, 1.82) is 0 Å². The van der Waals surface area contributed by atoms with E-state index in [9.17, 15) is 4.79 Å². The van der Waals surface area contributed by atoms with Crippen LogP contribution in [0.4, 0.5) is 0 Å². The summed E-state index contributed by atoms with van der Waals surface area (Å²) in [6.45, 7) is 2.98. The lowest BCUT2D eigenvalue weighted by molar-refractivity contribution is 0.0953. The summed E-state index contributed by atoms with van der Waals surface area (Å²) in [6.07, 6.45) is 7.42. The molecule has 0 saturated heterocycles. The average molecular weight is 282 g/mol. The molecule has 19 heavy (non-hydrogen) atoms. The third-order valence-electron chi connectivity index (χ3n) is 3.16. The van der Waals surface area contributed by atoms with Gasteiger partial charge in [-0.2, -0.15) is 0 Å². The van der Waals surface area contributed by atoms with Crippen molar-refractivity contribution in [3.63, 3.8) is 0 Å². The summed E-state index contributed by atoms with van der Waals surface area (Å²) in [5.74, 6) is 0.443. The van der Waals surface area contributed by atoms with Gasteiger partial charge in [0, 0.05) is 18.0 Å². The third-order valence-corrected chi connectivity index (χ3v) is 3.47. The van der Waals surface area contributed by atoms with Crippen LogP contribution in [-0.4, -0.2) is 12.5 Å². The molecular formula is C16H24ClNO. The van der Waals surface area contributed by atoms with Crippen LogP contribution in [0.2, 0.25) is 0 Å². The maximum Gasteiger partial charge on any atom is 0.251 e. The van der Waals surface area contributed by atoms with Crippen LogP contribution in [0.1, 0.15) is 61.4 Å². The lowest BCUT2D eigenvalue weighted by Gasteiger charge is -2.06. The highest BCUT2D eigenvalue weighted by Crippen LogP contribution is 2.08. The molecule has 0 heterocycles. The van der Waals surface area contributed by atoms with Crippen molar-refractivity contribution in [2.24, 2.45) is 0 Å². The van der Waals surface area contributed by atoms with Crippen molar-refractivity contribution < 1.29 is 4.79 Å². The summed E-state index contributed by atoms with van der Waals surface area (Å²) < 4.78 is 0. The zero-order valence-corrected chi connectivity index (χ0v) is 12.5. The Bertz CT molecular complexity index is 379. The van der Waals surface area contributed by atoms with Gasteiger partial charge in [0.2, 0.25) is 0 Å². The molecule has 0 radical (unpaired) electrons. The van der Waals surface area contributed by atoms with E-state index in [-0.39, 0.29) is 5.91 Å². The van der Waals surface area contributed by atoms with Crippen LogP contribution in [-0.2, 0) is 5.88 Å². The standard InChI is InChI=1S/C16H24ClNO/c1-2-3-4-5-6-7-11-18-16(19)15-10-8-9-14(12-15)13-17/h8-10,12H,2-7,11,13H2,1H3,(H,18,19). The van der Waals surface area contributed by atoms with E-state index < -0.39 is 0 Å². The molecule has 1 N–H and O–H groups in total. The van der Waals surface area contributed by atoms with Crippen molar-refractivity contribution in [2.75, 3.05) is 6.54 Å². The van der Waals surface area contributed by atoms with Gasteiger partial charge in [-0.25, -0.2) is 0 Å². The number of amides is 1. The normalized spacial score (nSPS) is 10.4. The van der Waals surface area contributed by atoms with Gasteiger partial charge in [-0.3, -0.25) is 4.79 Å². The molecule has 0 aliphatic heterocycles. The molecule has 0 bridgehead atoms. The van der Waals surface area contributed by atoms with Gasteiger partial charge < -0.3 is 5.32 Å². The summed E-state index contributed by atoms with van der Waals surface area (Å²) in [7, 11) is 0. The van der Waals surface area contributed by atoms with Crippen LogP contribution in [0.15, 0.2) is 24.3 Å². The number of hydrogen-bond acceptors (Lipinski definition) is 1. The van der Waals surface area contributed by atoms with Crippen LogP contribution in [0.25, 0.3) is 0 Å². The number of benzene rings is 1. The summed E-state index contributed by atoms with van der Waals surface area (Å²) in [6, 6.07) is 7.48. The van der Waals surface area contributed by atoms with Crippen molar-refractivity contribution in [3.05, 3.63) is 35.4 Å². The first-order chi connectivity index (χ1) is 9.27. The van der Waals surface area contributed by atoms with E-state index in [0.29, 0.717) is 11.4 Å². The van der Waals surface area contributed by atoms with Crippen LogP contribution in [0.3, 0.4) is 0 Å². The van der Waals surface area contributed by atoms with Crippen molar-refractivity contribution >= 4 is 17.5 Å². The predicted molar refractivity (Wildman–Crippen MR) is 81.7 cm³/mol. The Hall–Kier alpha value is -1.02. The minimum atomic E-state index is 0.000486. The molecule has 0 saturated carbocycles. The molecule has 0 unspecified atom stereocenters.